The molecule has 0 radical (unpaired) electrons. The summed E-state index contributed by atoms with van der Waals surface area (Å²) in [6.07, 6.45) is 1.04. The van der Waals surface area contributed by atoms with E-state index in [-0.39, 0.29) is 18.0 Å². The summed E-state index contributed by atoms with van der Waals surface area (Å²) in [6.45, 7) is 3.05. The van der Waals surface area contributed by atoms with Crippen LogP contribution in [0, 0.1) is 0 Å². The summed E-state index contributed by atoms with van der Waals surface area (Å²) in [5, 5.41) is 2.69. The number of anilines is 1. The lowest BCUT2D eigenvalue weighted by Crippen LogP contribution is -2.48. The van der Waals surface area contributed by atoms with Gasteiger partial charge in [-0.15, -0.1) is 0 Å². The third-order valence-corrected chi connectivity index (χ3v) is 9.41. The highest BCUT2D eigenvalue weighted by Gasteiger charge is 2.29. The third kappa shape index (κ3) is 7.97. The maximum atomic E-state index is 12.9. The SMILES string of the molecule is CC(C(=O)NCCOc1ccc(S(=O)(=O)N2CCOCC2)cc1)N(c1ccc(Oc2ccccc2)cc1)S(C)(=O)=O. The van der Waals surface area contributed by atoms with Crippen LogP contribution in [-0.2, 0) is 29.6 Å². The molecule has 1 unspecified atom stereocenters. The van der Waals surface area contributed by atoms with Crippen LogP contribution in [0.3, 0.4) is 0 Å². The van der Waals surface area contributed by atoms with Crippen LogP contribution in [0.2, 0.25) is 0 Å². The molecule has 11 nitrogen and oxygen atoms in total. The fraction of sp³-hybridized carbons (Fsp3) is 0.321. The number of nitrogens with one attached hydrogen (secondary N) is 1. The smallest absolute Gasteiger partial charge is 0.243 e. The van der Waals surface area contributed by atoms with Gasteiger partial charge in [0.15, 0.2) is 0 Å². The average molecular weight is 604 g/mol. The number of morpholine rings is 1. The molecule has 13 heteroatoms. The van der Waals surface area contributed by atoms with Crippen LogP contribution < -0.4 is 19.1 Å². The standard InChI is InChI=1S/C28H33N3O8S2/c1-22(31(40(2,33)34)23-8-10-26(11-9-23)39-25-6-4-3-5-7-25)28(32)29-16-19-38-24-12-14-27(15-13-24)41(35,36)30-17-20-37-21-18-30/h3-15,22H,16-21H2,1-2H3,(H,29,32). The van der Waals surface area contributed by atoms with Crippen molar-refractivity contribution in [3.63, 3.8) is 0 Å². The van der Waals surface area contributed by atoms with Crippen molar-refractivity contribution in [2.45, 2.75) is 17.9 Å². The van der Waals surface area contributed by atoms with E-state index < -0.39 is 32.0 Å². The number of amides is 1. The van der Waals surface area contributed by atoms with Gasteiger partial charge >= 0.3 is 0 Å². The van der Waals surface area contributed by atoms with Gasteiger partial charge in [-0.3, -0.25) is 9.10 Å². The minimum atomic E-state index is -3.79. The predicted octanol–water partition coefficient (Wildman–Crippen LogP) is 2.85. The van der Waals surface area contributed by atoms with E-state index in [9.17, 15) is 21.6 Å². The Labute approximate surface area is 240 Å². The Hall–Kier alpha value is -3.65. The number of benzene rings is 3. The molecule has 41 heavy (non-hydrogen) atoms. The lowest BCUT2D eigenvalue weighted by Gasteiger charge is -2.28. The van der Waals surface area contributed by atoms with Crippen molar-refractivity contribution in [3.8, 4) is 17.2 Å². The van der Waals surface area contributed by atoms with E-state index in [0.29, 0.717) is 49.2 Å². The second-order valence-corrected chi connectivity index (χ2v) is 13.1. The van der Waals surface area contributed by atoms with Crippen molar-refractivity contribution in [1.82, 2.24) is 9.62 Å². The summed E-state index contributed by atoms with van der Waals surface area (Å²) in [5.41, 5.74) is 0.318. The summed E-state index contributed by atoms with van der Waals surface area (Å²) < 4.78 is 69.7. The molecule has 4 rings (SSSR count). The Morgan fingerprint density at radius 2 is 1.49 bits per heavy atom. The van der Waals surface area contributed by atoms with Crippen LogP contribution in [0.15, 0.2) is 83.8 Å². The van der Waals surface area contributed by atoms with Crippen molar-refractivity contribution >= 4 is 31.6 Å². The Balaban J connectivity index is 1.30. The molecule has 220 valence electrons. The van der Waals surface area contributed by atoms with Crippen LogP contribution in [0.25, 0.3) is 0 Å². The summed E-state index contributed by atoms with van der Waals surface area (Å²) in [7, 11) is -7.40. The van der Waals surface area contributed by atoms with Crippen molar-refractivity contribution < 1.29 is 35.8 Å². The first-order valence-electron chi connectivity index (χ1n) is 13.0. The Morgan fingerprint density at radius 1 is 0.902 bits per heavy atom. The molecule has 1 aliphatic rings. The lowest BCUT2D eigenvalue weighted by molar-refractivity contribution is -0.121. The van der Waals surface area contributed by atoms with Gasteiger partial charge in [-0.1, -0.05) is 18.2 Å². The Bertz CT molecular complexity index is 1510. The van der Waals surface area contributed by atoms with Crippen molar-refractivity contribution in [2.24, 2.45) is 0 Å². The fourth-order valence-electron chi connectivity index (χ4n) is 4.23. The topological polar surface area (TPSA) is 132 Å². The predicted molar refractivity (Wildman–Crippen MR) is 154 cm³/mol. The number of carbonyl (C=O) groups is 1. The largest absolute Gasteiger partial charge is 0.492 e. The molecular weight excluding hydrogens is 570 g/mol. The van der Waals surface area contributed by atoms with Gasteiger partial charge in [0.25, 0.3) is 0 Å². The van der Waals surface area contributed by atoms with Crippen LogP contribution in [0.4, 0.5) is 5.69 Å². The van der Waals surface area contributed by atoms with Gasteiger partial charge in [-0.2, -0.15) is 4.31 Å². The molecule has 0 aromatic heterocycles. The molecule has 1 atom stereocenters. The van der Waals surface area contributed by atoms with Gasteiger partial charge in [0.1, 0.15) is 29.9 Å². The van der Waals surface area contributed by atoms with E-state index in [1.165, 1.54) is 23.4 Å². The molecular formula is C28H33N3O8S2. The molecule has 1 saturated heterocycles. The number of para-hydroxylation sites is 1. The zero-order valence-corrected chi connectivity index (χ0v) is 24.4. The molecule has 0 aliphatic carbocycles. The molecule has 1 aliphatic heterocycles. The van der Waals surface area contributed by atoms with Crippen molar-refractivity contribution in [2.75, 3.05) is 50.0 Å². The normalized spacial score (nSPS) is 15.1. The van der Waals surface area contributed by atoms with Crippen LogP contribution in [0.1, 0.15) is 6.92 Å². The van der Waals surface area contributed by atoms with Crippen LogP contribution in [-0.4, -0.2) is 78.8 Å². The first kappa shape index (κ1) is 30.3. The van der Waals surface area contributed by atoms with E-state index in [2.05, 4.69) is 5.32 Å². The quantitative estimate of drug-likeness (QED) is 0.313. The number of nitrogens with zero attached hydrogens (tertiary/aromatic N) is 2. The minimum Gasteiger partial charge on any atom is -0.492 e. The summed E-state index contributed by atoms with van der Waals surface area (Å²) in [6, 6.07) is 20.6. The number of sulfonamides is 2. The molecule has 1 fully saturated rings. The number of hydrogen-bond donors (Lipinski definition) is 1. The second-order valence-electron chi connectivity index (χ2n) is 9.27. The number of hydrogen-bond acceptors (Lipinski definition) is 8. The molecule has 1 heterocycles. The fourth-order valence-corrected chi connectivity index (χ4v) is 6.81. The average Bonchev–Trinajstić information content (AvgIpc) is 2.97. The molecule has 1 amide bonds. The molecule has 3 aromatic carbocycles. The summed E-state index contributed by atoms with van der Waals surface area (Å²) >= 11 is 0. The van der Waals surface area contributed by atoms with Gasteiger partial charge in [0.05, 0.1) is 36.6 Å². The van der Waals surface area contributed by atoms with Crippen LogP contribution >= 0.6 is 0 Å². The maximum Gasteiger partial charge on any atom is 0.243 e. The molecule has 0 bridgehead atoms. The highest BCUT2D eigenvalue weighted by molar-refractivity contribution is 7.92. The number of carbonyl (C=O) groups excluding carboxylic acids is 1. The summed E-state index contributed by atoms with van der Waals surface area (Å²) in [5.74, 6) is 1.10. The van der Waals surface area contributed by atoms with E-state index in [4.69, 9.17) is 14.2 Å². The van der Waals surface area contributed by atoms with E-state index >= 15 is 0 Å². The van der Waals surface area contributed by atoms with E-state index in [1.54, 1.807) is 48.5 Å². The van der Waals surface area contributed by atoms with Crippen LogP contribution in [0.5, 0.6) is 17.2 Å². The highest BCUT2D eigenvalue weighted by atomic mass is 32.2. The monoisotopic (exact) mass is 603 g/mol. The Kier molecular flexibility index (Phi) is 9.86. The first-order valence-corrected chi connectivity index (χ1v) is 16.3. The lowest BCUT2D eigenvalue weighted by atomic mass is 10.2. The molecule has 1 N–H and O–H groups in total. The van der Waals surface area contributed by atoms with Crippen molar-refractivity contribution in [1.29, 1.82) is 0 Å². The zero-order valence-electron chi connectivity index (χ0n) is 22.8. The van der Waals surface area contributed by atoms with Gasteiger partial charge in [0.2, 0.25) is 26.0 Å². The molecule has 0 spiro atoms. The first-order chi connectivity index (χ1) is 19.6. The van der Waals surface area contributed by atoms with Gasteiger partial charge in [-0.25, -0.2) is 16.8 Å². The molecule has 0 saturated carbocycles. The summed E-state index contributed by atoms with van der Waals surface area (Å²) in [4.78, 5) is 13.0. The molecule has 3 aromatic rings. The van der Waals surface area contributed by atoms with Gasteiger partial charge in [0, 0.05) is 13.1 Å². The zero-order chi connectivity index (χ0) is 29.5. The van der Waals surface area contributed by atoms with E-state index in [1.807, 2.05) is 18.2 Å². The minimum absolute atomic E-state index is 0.0957. The van der Waals surface area contributed by atoms with Gasteiger partial charge in [-0.05, 0) is 67.6 Å². The highest BCUT2D eigenvalue weighted by Crippen LogP contribution is 2.27. The van der Waals surface area contributed by atoms with Gasteiger partial charge < -0.3 is 19.5 Å². The second kappa shape index (κ2) is 13.3. The Morgan fingerprint density at radius 3 is 2.10 bits per heavy atom. The maximum absolute atomic E-state index is 12.9. The third-order valence-electron chi connectivity index (χ3n) is 6.26. The number of ether oxygens (including phenoxy) is 3. The van der Waals surface area contributed by atoms with E-state index in [0.717, 1.165) is 10.6 Å². The van der Waals surface area contributed by atoms with Crippen molar-refractivity contribution in [3.05, 3.63) is 78.9 Å². The number of rotatable bonds is 12.